The fourth-order valence-electron chi connectivity index (χ4n) is 1.55. The molecule has 0 aromatic carbocycles. The van der Waals surface area contributed by atoms with Crippen LogP contribution in [0.25, 0.3) is 0 Å². The molecule has 7 heteroatoms. The Kier molecular flexibility index (Phi) is 5.75. The molecule has 0 fully saturated rings. The van der Waals surface area contributed by atoms with E-state index in [-0.39, 0.29) is 11.9 Å². The van der Waals surface area contributed by atoms with Crippen LogP contribution in [-0.4, -0.2) is 28.7 Å². The Morgan fingerprint density at radius 3 is 2.53 bits per heavy atom. The molecule has 1 heterocycles. The second kappa shape index (κ2) is 7.08. The molecule has 1 rings (SSSR count). The van der Waals surface area contributed by atoms with Crippen LogP contribution in [0.1, 0.15) is 33.6 Å². The smallest absolute Gasteiger partial charge is 0.316 e. The predicted molar refractivity (Wildman–Crippen MR) is 72.3 cm³/mol. The Morgan fingerprint density at radius 1 is 1.32 bits per heavy atom. The van der Waals surface area contributed by atoms with Crippen molar-refractivity contribution < 1.29 is 9.21 Å². The van der Waals surface area contributed by atoms with Gasteiger partial charge in [0.2, 0.25) is 11.8 Å². The van der Waals surface area contributed by atoms with Crippen molar-refractivity contribution in [1.82, 2.24) is 15.5 Å². The topological polar surface area (TPSA) is 106 Å². The number of hydrogen-bond donors (Lipinski definition) is 3. The lowest BCUT2D eigenvalue weighted by Gasteiger charge is -2.16. The van der Waals surface area contributed by atoms with E-state index < -0.39 is 11.9 Å². The molecule has 0 saturated heterocycles. The van der Waals surface area contributed by atoms with Crippen molar-refractivity contribution in [3.05, 3.63) is 5.89 Å². The summed E-state index contributed by atoms with van der Waals surface area (Å²) in [6, 6.07) is -0.296. The molecule has 0 aliphatic rings. The highest BCUT2D eigenvalue weighted by Crippen LogP contribution is 2.11. The van der Waals surface area contributed by atoms with Crippen molar-refractivity contribution >= 4 is 11.9 Å². The number of hydrogen-bond acceptors (Lipinski definition) is 6. The van der Waals surface area contributed by atoms with Crippen LogP contribution in [0, 0.1) is 11.8 Å². The minimum absolute atomic E-state index is 0.0481. The minimum atomic E-state index is -0.517. The maximum Gasteiger partial charge on any atom is 0.316 e. The van der Waals surface area contributed by atoms with Crippen molar-refractivity contribution in [3.63, 3.8) is 0 Å². The fourth-order valence-corrected chi connectivity index (χ4v) is 1.55. The number of nitrogens with zero attached hydrogens (tertiary/aromatic N) is 2. The maximum absolute atomic E-state index is 11.3. The number of nitrogens with two attached hydrogens (primary N) is 1. The van der Waals surface area contributed by atoms with Crippen LogP contribution in [0.15, 0.2) is 4.42 Å². The quantitative estimate of drug-likeness (QED) is 0.642. The first-order valence-corrected chi connectivity index (χ1v) is 6.49. The van der Waals surface area contributed by atoms with Gasteiger partial charge in [-0.3, -0.25) is 4.79 Å². The van der Waals surface area contributed by atoms with Gasteiger partial charge >= 0.3 is 6.01 Å². The third-order valence-electron chi connectivity index (χ3n) is 2.55. The third kappa shape index (κ3) is 5.25. The summed E-state index contributed by atoms with van der Waals surface area (Å²) in [5.74, 6) is 0.649. The van der Waals surface area contributed by atoms with Crippen LogP contribution in [-0.2, 0) is 11.3 Å². The standard InChI is InChI=1S/C12H23N5O2/c1-7(2)5-14-6-9-16-17-12(19-9)15-10(8(3)4)11(13)18/h7-8,10,14H,5-6H2,1-4H3,(H2,13,18)(H,15,17). The molecule has 1 unspecified atom stereocenters. The van der Waals surface area contributed by atoms with Crippen LogP contribution in [0.3, 0.4) is 0 Å². The molecule has 1 aromatic rings. The highest BCUT2D eigenvalue weighted by Gasteiger charge is 2.21. The molecule has 1 atom stereocenters. The summed E-state index contributed by atoms with van der Waals surface area (Å²) in [6.07, 6.45) is 0. The molecule has 1 amide bonds. The number of aromatic nitrogens is 2. The van der Waals surface area contributed by atoms with Gasteiger partial charge in [-0.1, -0.05) is 32.8 Å². The Hall–Kier alpha value is -1.63. The summed E-state index contributed by atoms with van der Waals surface area (Å²) in [6.45, 7) is 9.41. The SMILES string of the molecule is CC(C)CNCc1nnc(NC(C(N)=O)C(C)C)o1. The van der Waals surface area contributed by atoms with Gasteiger partial charge in [-0.15, -0.1) is 5.10 Å². The van der Waals surface area contributed by atoms with Crippen molar-refractivity contribution in [2.24, 2.45) is 17.6 Å². The van der Waals surface area contributed by atoms with Gasteiger partial charge in [0, 0.05) is 0 Å². The lowest BCUT2D eigenvalue weighted by Crippen LogP contribution is -2.39. The zero-order chi connectivity index (χ0) is 14.4. The maximum atomic E-state index is 11.3. The van der Waals surface area contributed by atoms with Gasteiger partial charge in [0.05, 0.1) is 6.54 Å². The molecule has 0 radical (unpaired) electrons. The number of rotatable bonds is 8. The summed E-state index contributed by atoms with van der Waals surface area (Å²) in [4.78, 5) is 11.3. The van der Waals surface area contributed by atoms with E-state index in [0.29, 0.717) is 18.4 Å². The van der Waals surface area contributed by atoms with Crippen LogP contribution in [0.4, 0.5) is 6.01 Å². The normalized spacial score (nSPS) is 12.9. The molecule has 7 nitrogen and oxygen atoms in total. The lowest BCUT2D eigenvalue weighted by molar-refractivity contribution is -0.119. The zero-order valence-electron chi connectivity index (χ0n) is 11.9. The molecule has 0 spiro atoms. The van der Waals surface area contributed by atoms with Crippen molar-refractivity contribution in [2.75, 3.05) is 11.9 Å². The summed E-state index contributed by atoms with van der Waals surface area (Å²) < 4.78 is 5.39. The van der Waals surface area contributed by atoms with E-state index in [1.165, 1.54) is 0 Å². The van der Waals surface area contributed by atoms with Gasteiger partial charge in [0.1, 0.15) is 6.04 Å². The molecule has 0 aliphatic carbocycles. The Bertz CT molecular complexity index is 403. The van der Waals surface area contributed by atoms with E-state index in [1.807, 2.05) is 13.8 Å². The molecular formula is C12H23N5O2. The van der Waals surface area contributed by atoms with Crippen LogP contribution in [0.2, 0.25) is 0 Å². The monoisotopic (exact) mass is 269 g/mol. The number of carbonyl (C=O) groups is 1. The third-order valence-corrected chi connectivity index (χ3v) is 2.55. The molecule has 108 valence electrons. The number of nitrogens with one attached hydrogen (secondary N) is 2. The summed E-state index contributed by atoms with van der Waals surface area (Å²) >= 11 is 0. The zero-order valence-corrected chi connectivity index (χ0v) is 11.9. The number of anilines is 1. The average Bonchev–Trinajstić information content (AvgIpc) is 2.72. The van der Waals surface area contributed by atoms with E-state index in [4.69, 9.17) is 10.2 Å². The Balaban J connectivity index is 2.52. The Labute approximate surface area is 113 Å². The predicted octanol–water partition coefficient (Wildman–Crippen LogP) is 0.737. The van der Waals surface area contributed by atoms with Gasteiger partial charge in [0.15, 0.2) is 0 Å². The van der Waals surface area contributed by atoms with Crippen molar-refractivity contribution in [3.8, 4) is 0 Å². The van der Waals surface area contributed by atoms with Gasteiger partial charge in [0.25, 0.3) is 0 Å². The van der Waals surface area contributed by atoms with Crippen LogP contribution in [0.5, 0.6) is 0 Å². The largest absolute Gasteiger partial charge is 0.407 e. The molecular weight excluding hydrogens is 246 g/mol. The highest BCUT2D eigenvalue weighted by atomic mass is 16.4. The second-order valence-electron chi connectivity index (χ2n) is 5.29. The van der Waals surface area contributed by atoms with Crippen molar-refractivity contribution in [1.29, 1.82) is 0 Å². The second-order valence-corrected chi connectivity index (χ2v) is 5.29. The van der Waals surface area contributed by atoms with E-state index in [2.05, 4.69) is 34.7 Å². The first kappa shape index (κ1) is 15.4. The van der Waals surface area contributed by atoms with E-state index in [0.717, 1.165) is 6.54 Å². The Morgan fingerprint density at radius 2 is 2.00 bits per heavy atom. The molecule has 0 saturated carbocycles. The number of amides is 1. The van der Waals surface area contributed by atoms with E-state index in [1.54, 1.807) is 0 Å². The molecule has 19 heavy (non-hydrogen) atoms. The highest BCUT2D eigenvalue weighted by molar-refractivity contribution is 5.82. The number of primary amides is 1. The van der Waals surface area contributed by atoms with Gasteiger partial charge in [-0.2, -0.15) is 0 Å². The average molecular weight is 269 g/mol. The van der Waals surface area contributed by atoms with Crippen LogP contribution >= 0.6 is 0 Å². The van der Waals surface area contributed by atoms with E-state index in [9.17, 15) is 4.79 Å². The molecule has 4 N–H and O–H groups in total. The lowest BCUT2D eigenvalue weighted by atomic mass is 10.0. The fraction of sp³-hybridized carbons (Fsp3) is 0.750. The van der Waals surface area contributed by atoms with Gasteiger partial charge in [-0.05, 0) is 18.4 Å². The first-order valence-electron chi connectivity index (χ1n) is 6.49. The minimum Gasteiger partial charge on any atom is -0.407 e. The molecule has 0 bridgehead atoms. The first-order chi connectivity index (χ1) is 8.90. The summed E-state index contributed by atoms with van der Waals surface area (Å²) in [5.41, 5.74) is 5.30. The summed E-state index contributed by atoms with van der Waals surface area (Å²) in [5, 5.41) is 13.8. The molecule has 1 aromatic heterocycles. The van der Waals surface area contributed by atoms with Crippen molar-refractivity contribution in [2.45, 2.75) is 40.3 Å². The molecule has 0 aliphatic heterocycles. The van der Waals surface area contributed by atoms with Crippen LogP contribution < -0.4 is 16.4 Å². The summed E-state index contributed by atoms with van der Waals surface area (Å²) in [7, 11) is 0. The van der Waals surface area contributed by atoms with E-state index >= 15 is 0 Å². The number of carbonyl (C=O) groups excluding carboxylic acids is 1. The van der Waals surface area contributed by atoms with Gasteiger partial charge in [-0.25, -0.2) is 0 Å². The van der Waals surface area contributed by atoms with Gasteiger partial charge < -0.3 is 20.8 Å².